The molecule has 4 heteroatoms. The van der Waals surface area contributed by atoms with Crippen LogP contribution in [0.3, 0.4) is 0 Å². The van der Waals surface area contributed by atoms with E-state index in [-0.39, 0.29) is 0 Å². The Kier molecular flexibility index (Phi) is 7.40. The van der Waals surface area contributed by atoms with E-state index in [0.29, 0.717) is 0 Å². The standard InChI is InChI=1S/C19H25N3S/c1-22(18-11-6-3-7-12-18)16-8-14-20-19(23)21-15-13-17-9-4-2-5-10-17/h2-7,9-12H,8,13-16H2,1H3,(H2,20,21,23). The monoisotopic (exact) mass is 327 g/mol. The molecule has 122 valence electrons. The van der Waals surface area contributed by atoms with Gasteiger partial charge in [0.2, 0.25) is 0 Å². The van der Waals surface area contributed by atoms with Crippen molar-refractivity contribution in [1.29, 1.82) is 0 Å². The smallest absolute Gasteiger partial charge is 0.166 e. The molecule has 2 N–H and O–H groups in total. The summed E-state index contributed by atoms with van der Waals surface area (Å²) < 4.78 is 0. The summed E-state index contributed by atoms with van der Waals surface area (Å²) in [6, 6.07) is 20.9. The minimum atomic E-state index is 0.739. The van der Waals surface area contributed by atoms with E-state index in [4.69, 9.17) is 12.2 Å². The molecular weight excluding hydrogens is 302 g/mol. The van der Waals surface area contributed by atoms with E-state index in [1.807, 2.05) is 12.1 Å². The van der Waals surface area contributed by atoms with Crippen LogP contribution in [0, 0.1) is 0 Å². The molecule has 2 aromatic carbocycles. The van der Waals surface area contributed by atoms with Crippen LogP contribution in [0.25, 0.3) is 0 Å². The lowest BCUT2D eigenvalue weighted by Gasteiger charge is -2.19. The van der Waals surface area contributed by atoms with Gasteiger partial charge in [0, 0.05) is 32.4 Å². The van der Waals surface area contributed by atoms with E-state index in [1.165, 1.54) is 11.3 Å². The van der Waals surface area contributed by atoms with Gasteiger partial charge < -0.3 is 15.5 Å². The largest absolute Gasteiger partial charge is 0.375 e. The van der Waals surface area contributed by atoms with Gasteiger partial charge in [-0.15, -0.1) is 0 Å². The van der Waals surface area contributed by atoms with Crippen molar-refractivity contribution in [3.8, 4) is 0 Å². The van der Waals surface area contributed by atoms with Gasteiger partial charge in [0.15, 0.2) is 5.11 Å². The number of rotatable bonds is 8. The van der Waals surface area contributed by atoms with Crippen LogP contribution in [0.4, 0.5) is 5.69 Å². The fourth-order valence-corrected chi connectivity index (χ4v) is 2.56. The highest BCUT2D eigenvalue weighted by atomic mass is 32.1. The quantitative estimate of drug-likeness (QED) is 0.575. The fourth-order valence-electron chi connectivity index (χ4n) is 2.36. The average molecular weight is 327 g/mol. The third-order valence-corrected chi connectivity index (χ3v) is 3.98. The molecule has 2 aromatic rings. The van der Waals surface area contributed by atoms with Crippen molar-refractivity contribution in [2.75, 3.05) is 31.6 Å². The lowest BCUT2D eigenvalue weighted by molar-refractivity contribution is 0.737. The fraction of sp³-hybridized carbons (Fsp3) is 0.316. The molecule has 0 aliphatic rings. The highest BCUT2D eigenvalue weighted by molar-refractivity contribution is 7.80. The Labute approximate surface area is 144 Å². The number of nitrogens with zero attached hydrogens (tertiary/aromatic N) is 1. The van der Waals surface area contributed by atoms with Crippen LogP contribution in [0.2, 0.25) is 0 Å². The first-order chi connectivity index (χ1) is 11.3. The molecule has 0 amide bonds. The number of hydrogen-bond donors (Lipinski definition) is 2. The van der Waals surface area contributed by atoms with Gasteiger partial charge in [-0.1, -0.05) is 48.5 Å². The van der Waals surface area contributed by atoms with Crippen LogP contribution in [-0.4, -0.2) is 31.8 Å². The topological polar surface area (TPSA) is 27.3 Å². The summed E-state index contributed by atoms with van der Waals surface area (Å²) >= 11 is 5.31. The maximum Gasteiger partial charge on any atom is 0.166 e. The van der Waals surface area contributed by atoms with Crippen molar-refractivity contribution in [1.82, 2.24) is 10.6 Å². The molecule has 0 spiro atoms. The average Bonchev–Trinajstić information content (AvgIpc) is 2.60. The van der Waals surface area contributed by atoms with E-state index < -0.39 is 0 Å². The zero-order chi connectivity index (χ0) is 16.3. The number of benzene rings is 2. The van der Waals surface area contributed by atoms with Gasteiger partial charge in [-0.3, -0.25) is 0 Å². The molecular formula is C19H25N3S. The van der Waals surface area contributed by atoms with Gasteiger partial charge in [0.1, 0.15) is 0 Å². The minimum absolute atomic E-state index is 0.739. The van der Waals surface area contributed by atoms with Gasteiger partial charge in [-0.2, -0.15) is 0 Å². The van der Waals surface area contributed by atoms with E-state index in [2.05, 4.69) is 71.1 Å². The summed E-state index contributed by atoms with van der Waals surface area (Å²) in [5.41, 5.74) is 2.57. The lowest BCUT2D eigenvalue weighted by atomic mass is 10.1. The summed E-state index contributed by atoms with van der Waals surface area (Å²) in [6.45, 7) is 2.75. The number of nitrogens with one attached hydrogen (secondary N) is 2. The van der Waals surface area contributed by atoms with Gasteiger partial charge >= 0.3 is 0 Å². The Morgan fingerprint density at radius 1 is 0.913 bits per heavy atom. The van der Waals surface area contributed by atoms with Crippen molar-refractivity contribution >= 4 is 23.0 Å². The van der Waals surface area contributed by atoms with E-state index in [0.717, 1.165) is 37.6 Å². The number of hydrogen-bond acceptors (Lipinski definition) is 2. The number of para-hydroxylation sites is 1. The third-order valence-electron chi connectivity index (χ3n) is 3.69. The molecule has 0 heterocycles. The van der Waals surface area contributed by atoms with Crippen molar-refractivity contribution in [2.45, 2.75) is 12.8 Å². The molecule has 0 bridgehead atoms. The summed E-state index contributed by atoms with van der Waals surface area (Å²) in [5, 5.41) is 7.27. The second-order valence-electron chi connectivity index (χ2n) is 5.53. The Morgan fingerprint density at radius 2 is 1.52 bits per heavy atom. The zero-order valence-electron chi connectivity index (χ0n) is 13.7. The Bertz CT molecular complexity index is 572. The second-order valence-corrected chi connectivity index (χ2v) is 5.94. The van der Waals surface area contributed by atoms with Crippen molar-refractivity contribution in [2.24, 2.45) is 0 Å². The molecule has 0 atom stereocenters. The first kappa shape index (κ1) is 17.3. The SMILES string of the molecule is CN(CCCNC(=S)NCCc1ccccc1)c1ccccc1. The number of anilines is 1. The van der Waals surface area contributed by atoms with E-state index in [1.54, 1.807) is 0 Å². The molecule has 0 saturated heterocycles. The molecule has 3 nitrogen and oxygen atoms in total. The first-order valence-corrected chi connectivity index (χ1v) is 8.48. The minimum Gasteiger partial charge on any atom is -0.375 e. The van der Waals surface area contributed by atoms with Gasteiger partial charge in [-0.05, 0) is 42.8 Å². The summed E-state index contributed by atoms with van der Waals surface area (Å²) in [5.74, 6) is 0. The molecule has 0 fully saturated rings. The molecule has 23 heavy (non-hydrogen) atoms. The van der Waals surface area contributed by atoms with E-state index in [9.17, 15) is 0 Å². The van der Waals surface area contributed by atoms with Crippen LogP contribution in [-0.2, 0) is 6.42 Å². The first-order valence-electron chi connectivity index (χ1n) is 8.07. The summed E-state index contributed by atoms with van der Waals surface area (Å²) in [4.78, 5) is 2.26. The lowest BCUT2D eigenvalue weighted by Crippen LogP contribution is -2.37. The molecule has 0 aliphatic heterocycles. The number of thiocarbonyl (C=S) groups is 1. The molecule has 0 aliphatic carbocycles. The maximum absolute atomic E-state index is 5.31. The van der Waals surface area contributed by atoms with Gasteiger partial charge in [0.05, 0.1) is 0 Å². The predicted octanol–water partition coefficient (Wildman–Crippen LogP) is 3.22. The second kappa shape index (κ2) is 9.85. The predicted molar refractivity (Wildman–Crippen MR) is 103 cm³/mol. The maximum atomic E-state index is 5.31. The van der Waals surface area contributed by atoms with E-state index >= 15 is 0 Å². The summed E-state index contributed by atoms with van der Waals surface area (Å²) in [6.07, 6.45) is 2.03. The molecule has 0 radical (unpaired) electrons. The highest BCUT2D eigenvalue weighted by Crippen LogP contribution is 2.10. The Hall–Kier alpha value is -2.07. The molecule has 0 saturated carbocycles. The molecule has 2 rings (SSSR count). The normalized spacial score (nSPS) is 10.1. The third kappa shape index (κ3) is 6.70. The van der Waals surface area contributed by atoms with Gasteiger partial charge in [0.25, 0.3) is 0 Å². The van der Waals surface area contributed by atoms with Crippen LogP contribution < -0.4 is 15.5 Å². The van der Waals surface area contributed by atoms with Crippen LogP contribution in [0.1, 0.15) is 12.0 Å². The van der Waals surface area contributed by atoms with Crippen molar-refractivity contribution < 1.29 is 0 Å². The summed E-state index contributed by atoms with van der Waals surface area (Å²) in [7, 11) is 2.12. The van der Waals surface area contributed by atoms with Crippen molar-refractivity contribution in [3.05, 3.63) is 66.2 Å². The molecule has 0 unspecified atom stereocenters. The Balaban J connectivity index is 1.55. The van der Waals surface area contributed by atoms with Crippen LogP contribution in [0.15, 0.2) is 60.7 Å². The van der Waals surface area contributed by atoms with Crippen LogP contribution in [0.5, 0.6) is 0 Å². The molecule has 0 aromatic heterocycles. The van der Waals surface area contributed by atoms with Gasteiger partial charge in [-0.25, -0.2) is 0 Å². The van der Waals surface area contributed by atoms with Crippen LogP contribution >= 0.6 is 12.2 Å². The zero-order valence-corrected chi connectivity index (χ0v) is 14.5. The van der Waals surface area contributed by atoms with Crippen molar-refractivity contribution in [3.63, 3.8) is 0 Å². The highest BCUT2D eigenvalue weighted by Gasteiger charge is 2.00. The Morgan fingerprint density at radius 3 is 2.22 bits per heavy atom.